The molecule has 0 bridgehead atoms. The van der Waals surface area contributed by atoms with Gasteiger partial charge in [0.2, 0.25) is 0 Å². The number of hydrogen-bond acceptors (Lipinski definition) is 0. The van der Waals surface area contributed by atoms with Crippen molar-refractivity contribution in [1.82, 2.24) is 0 Å². The van der Waals surface area contributed by atoms with E-state index in [1.54, 1.807) is 0 Å². The molecule has 5 heteroatoms. The molecule has 0 atom stereocenters. The maximum Gasteiger partial charge on any atom is 0 e. The van der Waals surface area contributed by atoms with Gasteiger partial charge in [-0.2, -0.15) is 0 Å². The molecule has 0 saturated heterocycles. The fourth-order valence-corrected chi connectivity index (χ4v) is 0. The molecule has 0 amide bonds. The first kappa shape index (κ1) is 34.4. The SMILES string of the molecule is [CaH2].[Fe].[SiH4].[Th].[U]. The van der Waals surface area contributed by atoms with Gasteiger partial charge in [0.05, 0.1) is 0 Å². The van der Waals surface area contributed by atoms with Crippen LogP contribution in [0.5, 0.6) is 0 Å². The molecule has 0 aliphatic carbocycles. The molecule has 0 aliphatic heterocycles. The van der Waals surface area contributed by atoms with Crippen LogP contribution in [0.3, 0.4) is 0 Å². The van der Waals surface area contributed by atoms with Crippen molar-refractivity contribution in [3.63, 3.8) is 0 Å². The van der Waals surface area contributed by atoms with Crippen molar-refractivity contribution >= 4 is 48.7 Å². The largest absolute Gasteiger partial charge is 0.0149 e. The van der Waals surface area contributed by atoms with E-state index < -0.39 is 0 Å². The maximum atomic E-state index is 0. The average Bonchev–Trinajstić information content (AvgIpc) is 0. The summed E-state index contributed by atoms with van der Waals surface area (Å²) in [6.07, 6.45) is 0. The Labute approximate surface area is 133 Å². The Kier molecular flexibility index (Phi) is 164. The third-order valence-electron chi connectivity index (χ3n) is 0. The molecule has 0 N–H and O–H groups in total. The Morgan fingerprint density at radius 2 is 1.00 bits per heavy atom. The van der Waals surface area contributed by atoms with Crippen molar-refractivity contribution in [3.05, 3.63) is 0 Å². The first-order chi connectivity index (χ1) is 0. The Morgan fingerprint density at radius 1 is 1.00 bits per heavy atom. The molecule has 0 nitrogen and oxygen atoms in total. The van der Waals surface area contributed by atoms with Crippen LogP contribution in [-0.4, -0.2) is 48.7 Å². The second-order valence-corrected chi connectivity index (χ2v) is 0. The van der Waals surface area contributed by atoms with Crippen molar-refractivity contribution in [2.75, 3.05) is 0 Å². The van der Waals surface area contributed by atoms with Crippen molar-refractivity contribution < 1.29 is 88.1 Å². The molecule has 0 aromatic carbocycles. The molecule has 0 fully saturated rings. The Hall–Kier alpha value is 4.37. The molecular weight excluding hydrogens is 594 g/mol. The van der Waals surface area contributed by atoms with Crippen LogP contribution in [0.2, 0.25) is 0 Å². The van der Waals surface area contributed by atoms with E-state index in [9.17, 15) is 0 Å². The van der Waals surface area contributed by atoms with Crippen molar-refractivity contribution in [2.45, 2.75) is 0 Å². The minimum absolute atomic E-state index is 0. The van der Waals surface area contributed by atoms with E-state index >= 15 is 0 Å². The van der Waals surface area contributed by atoms with Crippen LogP contribution in [0.15, 0.2) is 0 Å². The third-order valence-corrected chi connectivity index (χ3v) is 0. The Bertz CT molecular complexity index is 11.6. The molecule has 0 aromatic heterocycles. The fraction of sp³-hybridized carbons (Fsp3) is 0. The normalized spacial score (nSPS) is 0. The summed E-state index contributed by atoms with van der Waals surface area (Å²) in [5.41, 5.74) is 0. The third kappa shape index (κ3) is 17.8. The zero-order chi connectivity index (χ0) is 0. The van der Waals surface area contributed by atoms with Gasteiger partial charge in [-0.1, -0.05) is 0 Å². The second kappa shape index (κ2) is 23.8. The van der Waals surface area contributed by atoms with Crippen LogP contribution in [0.1, 0.15) is 0 Å². The van der Waals surface area contributed by atoms with Gasteiger partial charge in [-0.05, 0) is 11.0 Å². The molecule has 0 saturated carbocycles. The van der Waals surface area contributed by atoms with Crippen LogP contribution in [-0.2, 0) is 17.1 Å². The van der Waals surface area contributed by atoms with Gasteiger partial charge in [0.15, 0.2) is 0 Å². The molecule has 0 spiro atoms. The quantitative estimate of drug-likeness (QED) is 0.273. The van der Waals surface area contributed by atoms with E-state index in [0.29, 0.717) is 0 Å². The molecule has 0 heterocycles. The monoisotopic (exact) mass is 600 g/mol. The zero-order valence-electron chi connectivity index (χ0n) is 1.35. The minimum Gasteiger partial charge on any atom is -0.0149 e. The van der Waals surface area contributed by atoms with E-state index in [1.165, 1.54) is 0 Å². The minimum atomic E-state index is 0. The maximum absolute atomic E-state index is 0. The first-order valence-corrected chi connectivity index (χ1v) is 0. The van der Waals surface area contributed by atoms with Crippen LogP contribution in [0.4, 0.5) is 0 Å². The van der Waals surface area contributed by atoms with E-state index in [4.69, 9.17) is 0 Å². The van der Waals surface area contributed by atoms with Crippen molar-refractivity contribution in [1.29, 1.82) is 0 Å². The number of hydrogen-bond donors (Lipinski definition) is 0. The van der Waals surface area contributed by atoms with E-state index in [2.05, 4.69) is 0 Å². The second-order valence-electron chi connectivity index (χ2n) is 0. The predicted octanol–water partition coefficient (Wildman–Crippen LogP) is -2.37. The number of rotatable bonds is 0. The van der Waals surface area contributed by atoms with Crippen molar-refractivity contribution in [2.24, 2.45) is 0 Å². The summed E-state index contributed by atoms with van der Waals surface area (Å²) < 4.78 is 0. The summed E-state index contributed by atoms with van der Waals surface area (Å²) in [6.45, 7) is 0. The predicted molar refractivity (Wildman–Crippen MR) is 19.9 cm³/mol. The summed E-state index contributed by atoms with van der Waals surface area (Å²) in [5.74, 6) is 0. The molecule has 0 aliphatic rings. The molecule has 0 radical (unpaired) electrons. The standard InChI is InChI=1S/Ca.Fe.H4Si.Th.U.2H/h;;1H4;;;;. The van der Waals surface area contributed by atoms with Crippen LogP contribution >= 0.6 is 0 Å². The summed E-state index contributed by atoms with van der Waals surface area (Å²) in [5, 5.41) is 0. The Morgan fingerprint density at radius 3 is 1.00 bits per heavy atom. The summed E-state index contributed by atoms with van der Waals surface area (Å²) in [6, 6.07) is 0. The van der Waals surface area contributed by atoms with Gasteiger partial charge in [-0.25, -0.2) is 0 Å². The van der Waals surface area contributed by atoms with Gasteiger partial charge in [-0.3, -0.25) is 0 Å². The molecule has 0 rings (SSSR count). The zero-order valence-corrected chi connectivity index (χ0v) is 10.7. The van der Waals surface area contributed by atoms with E-state index in [1.807, 2.05) is 0 Å². The van der Waals surface area contributed by atoms with Crippen LogP contribution in [0.25, 0.3) is 0 Å². The van der Waals surface area contributed by atoms with E-state index in [0.717, 1.165) is 0 Å². The average molecular weight is 600 g/mol. The summed E-state index contributed by atoms with van der Waals surface area (Å²) in [4.78, 5) is 0. The smallest absolute Gasteiger partial charge is 0 e. The van der Waals surface area contributed by atoms with Gasteiger partial charge in [0.1, 0.15) is 0 Å². The van der Waals surface area contributed by atoms with Gasteiger partial charge in [0.25, 0.3) is 0 Å². The molecular formula is H6CaFeSiThU. The topological polar surface area (TPSA) is 0 Å². The van der Waals surface area contributed by atoms with Gasteiger partial charge in [0, 0.05) is 88.1 Å². The van der Waals surface area contributed by atoms with Gasteiger partial charge >= 0.3 is 37.7 Å². The summed E-state index contributed by atoms with van der Waals surface area (Å²) in [7, 11) is 0. The van der Waals surface area contributed by atoms with Gasteiger partial charge in [-0.15, -0.1) is 0 Å². The fourth-order valence-electron chi connectivity index (χ4n) is 0. The Balaban J connectivity index is 0. The van der Waals surface area contributed by atoms with Crippen molar-refractivity contribution in [3.8, 4) is 0 Å². The molecule has 28 valence electrons. The van der Waals surface area contributed by atoms with E-state index in [-0.39, 0.29) is 137 Å². The molecule has 0 unspecified atom stereocenters. The molecule has 0 aromatic rings. The molecule has 5 heavy (non-hydrogen) atoms. The van der Waals surface area contributed by atoms with Crippen LogP contribution in [0, 0.1) is 71.1 Å². The van der Waals surface area contributed by atoms with Crippen LogP contribution < -0.4 is 0 Å². The van der Waals surface area contributed by atoms with Gasteiger partial charge < -0.3 is 0 Å². The first-order valence-electron chi connectivity index (χ1n) is 0. The summed E-state index contributed by atoms with van der Waals surface area (Å²) >= 11 is 0.